The van der Waals surface area contributed by atoms with Crippen molar-refractivity contribution in [2.75, 3.05) is 24.7 Å². The molecule has 2 unspecified atom stereocenters. The van der Waals surface area contributed by atoms with Crippen LogP contribution in [-0.2, 0) is 16.6 Å². The number of hydrogen-bond acceptors (Lipinski definition) is 8. The smallest absolute Gasteiger partial charge is 0.224 e. The molecule has 4 heterocycles. The summed E-state index contributed by atoms with van der Waals surface area (Å²) in [5.74, 6) is 2.41. The number of benzene rings is 1. The minimum Gasteiger partial charge on any atom is -0.461 e. The second-order valence-electron chi connectivity index (χ2n) is 7.59. The van der Waals surface area contributed by atoms with E-state index in [1.807, 2.05) is 36.4 Å². The highest BCUT2D eigenvalue weighted by Gasteiger charge is 2.26. The fourth-order valence-electron chi connectivity index (χ4n) is 3.84. The fraction of sp³-hybridized carbons (Fsp3) is 0.350. The zero-order valence-corrected chi connectivity index (χ0v) is 18.0. The molecular weight excluding hydrogens is 424 g/mol. The second kappa shape index (κ2) is 7.77. The van der Waals surface area contributed by atoms with Crippen molar-refractivity contribution in [2.24, 2.45) is 0 Å². The highest BCUT2D eigenvalue weighted by atomic mass is 32.2. The zero-order valence-electron chi connectivity index (χ0n) is 16.4. The third-order valence-electron chi connectivity index (χ3n) is 5.08. The number of aromatic nitrogens is 1. The summed E-state index contributed by atoms with van der Waals surface area (Å²) >= 11 is 1.59. The lowest BCUT2D eigenvalue weighted by molar-refractivity contribution is 0.296. The number of anilines is 1. The first-order valence-corrected chi connectivity index (χ1v) is 12.5. The number of hydrogen-bond donors (Lipinski definition) is 2. The molecular formula is C20H22N4O4S2. The van der Waals surface area contributed by atoms with Gasteiger partial charge in [-0.05, 0) is 36.8 Å². The summed E-state index contributed by atoms with van der Waals surface area (Å²) in [6.45, 7) is 2.16. The molecule has 2 aliphatic rings. The summed E-state index contributed by atoms with van der Waals surface area (Å²) in [6, 6.07) is 11.7. The lowest BCUT2D eigenvalue weighted by Gasteiger charge is -2.14. The molecule has 2 atom stereocenters. The summed E-state index contributed by atoms with van der Waals surface area (Å²) in [6.07, 6.45) is 3.75. The molecule has 0 aliphatic carbocycles. The Kier molecular flexibility index (Phi) is 5.10. The van der Waals surface area contributed by atoms with E-state index in [9.17, 15) is 8.42 Å². The van der Waals surface area contributed by atoms with Crippen LogP contribution in [0.5, 0.6) is 5.75 Å². The minimum atomic E-state index is -3.18. The molecule has 3 aromatic rings. The first kappa shape index (κ1) is 19.7. The lowest BCUT2D eigenvalue weighted by Crippen LogP contribution is -2.36. The highest BCUT2D eigenvalue weighted by Crippen LogP contribution is 2.38. The Morgan fingerprint density at radius 2 is 2.27 bits per heavy atom. The second-order valence-corrected chi connectivity index (χ2v) is 10.5. The van der Waals surface area contributed by atoms with Crippen molar-refractivity contribution in [3.63, 3.8) is 0 Å². The highest BCUT2D eigenvalue weighted by molar-refractivity contribution is 8.00. The Labute approximate surface area is 179 Å². The number of sulfonamides is 1. The maximum Gasteiger partial charge on any atom is 0.224 e. The van der Waals surface area contributed by atoms with Gasteiger partial charge < -0.3 is 14.5 Å². The third kappa shape index (κ3) is 4.41. The molecule has 158 valence electrons. The normalized spacial score (nSPS) is 21.6. The maximum atomic E-state index is 11.4. The average molecular weight is 447 g/mol. The van der Waals surface area contributed by atoms with Crippen molar-refractivity contribution < 1.29 is 17.6 Å². The molecule has 1 saturated heterocycles. The minimum absolute atomic E-state index is 0.0422. The van der Waals surface area contributed by atoms with Crippen LogP contribution in [0.25, 0.3) is 11.0 Å². The van der Waals surface area contributed by atoms with Crippen LogP contribution in [0.4, 0.5) is 5.82 Å². The molecule has 0 radical (unpaired) electrons. The van der Waals surface area contributed by atoms with Gasteiger partial charge in [-0.2, -0.15) is 0 Å². The predicted octanol–water partition coefficient (Wildman–Crippen LogP) is 2.83. The molecule has 5 rings (SSSR count). The predicted molar refractivity (Wildman–Crippen MR) is 116 cm³/mol. The van der Waals surface area contributed by atoms with Gasteiger partial charge in [0, 0.05) is 36.8 Å². The molecule has 1 fully saturated rings. The van der Waals surface area contributed by atoms with Crippen LogP contribution in [0, 0.1) is 0 Å². The van der Waals surface area contributed by atoms with E-state index in [0.29, 0.717) is 13.1 Å². The van der Waals surface area contributed by atoms with Gasteiger partial charge in [0.25, 0.3) is 0 Å². The summed E-state index contributed by atoms with van der Waals surface area (Å²) < 4.78 is 37.6. The molecule has 8 nitrogen and oxygen atoms in total. The third-order valence-corrected chi connectivity index (χ3v) is 6.85. The molecule has 0 amide bonds. The molecule has 1 aromatic carbocycles. The molecule has 30 heavy (non-hydrogen) atoms. The number of furan rings is 1. The summed E-state index contributed by atoms with van der Waals surface area (Å²) in [4.78, 5) is 7.57. The Morgan fingerprint density at radius 3 is 3.10 bits per heavy atom. The number of thioether (sulfide) groups is 1. The van der Waals surface area contributed by atoms with E-state index in [1.165, 1.54) is 6.26 Å². The number of fused-ring (bicyclic) bond motifs is 2. The van der Waals surface area contributed by atoms with Crippen molar-refractivity contribution in [3.05, 3.63) is 48.4 Å². The van der Waals surface area contributed by atoms with Gasteiger partial charge in [-0.3, -0.25) is 4.90 Å². The van der Waals surface area contributed by atoms with Crippen LogP contribution in [0.1, 0.15) is 12.2 Å². The summed E-state index contributed by atoms with van der Waals surface area (Å²) in [7, 11) is -3.18. The monoisotopic (exact) mass is 446 g/mol. The van der Waals surface area contributed by atoms with Gasteiger partial charge in [0.15, 0.2) is 0 Å². The summed E-state index contributed by atoms with van der Waals surface area (Å²) in [5, 5.41) is 4.26. The number of nitrogens with one attached hydrogen (secondary N) is 2. The van der Waals surface area contributed by atoms with Gasteiger partial charge in [0.1, 0.15) is 22.9 Å². The van der Waals surface area contributed by atoms with Crippen molar-refractivity contribution >= 4 is 38.6 Å². The first-order chi connectivity index (χ1) is 14.4. The van der Waals surface area contributed by atoms with E-state index in [0.717, 1.165) is 46.2 Å². The van der Waals surface area contributed by atoms with E-state index < -0.39 is 10.0 Å². The molecule has 10 heteroatoms. The number of nitrogens with zero attached hydrogens (tertiary/aromatic N) is 2. The lowest BCUT2D eigenvalue weighted by atomic mass is 10.2. The SMILES string of the molecule is CS(=O)(=O)NC1CCN(Cc2cc3ccc(OC4Nc5ncccc5S4)cc3o2)C1. The molecule has 2 N–H and O–H groups in total. The average Bonchev–Trinajstić information content (AvgIpc) is 3.38. The van der Waals surface area contributed by atoms with Crippen LogP contribution in [-0.4, -0.2) is 49.2 Å². The van der Waals surface area contributed by atoms with Crippen LogP contribution >= 0.6 is 11.8 Å². The number of likely N-dealkylation sites (tertiary alicyclic amines) is 1. The van der Waals surface area contributed by atoms with Crippen LogP contribution in [0.3, 0.4) is 0 Å². The van der Waals surface area contributed by atoms with Crippen LogP contribution < -0.4 is 14.8 Å². The molecule has 0 saturated carbocycles. The van der Waals surface area contributed by atoms with Gasteiger partial charge in [-0.15, -0.1) is 0 Å². The maximum absolute atomic E-state index is 11.4. The fourth-order valence-corrected chi connectivity index (χ4v) is 5.58. The van der Waals surface area contributed by atoms with Crippen molar-refractivity contribution in [1.29, 1.82) is 0 Å². The Bertz CT molecular complexity index is 1160. The Balaban J connectivity index is 1.23. The van der Waals surface area contributed by atoms with Crippen molar-refractivity contribution in [3.8, 4) is 5.75 Å². The number of rotatable bonds is 6. The van der Waals surface area contributed by atoms with Crippen LogP contribution in [0.2, 0.25) is 0 Å². The first-order valence-electron chi connectivity index (χ1n) is 9.68. The van der Waals surface area contributed by atoms with E-state index >= 15 is 0 Å². The van der Waals surface area contributed by atoms with E-state index in [4.69, 9.17) is 9.15 Å². The Morgan fingerprint density at radius 1 is 1.37 bits per heavy atom. The molecule has 2 aliphatic heterocycles. The Hall–Kier alpha value is -2.27. The van der Waals surface area contributed by atoms with Gasteiger partial charge in [0.2, 0.25) is 15.6 Å². The van der Waals surface area contributed by atoms with Crippen molar-refractivity contribution in [1.82, 2.24) is 14.6 Å². The molecule has 2 aromatic heterocycles. The van der Waals surface area contributed by atoms with Gasteiger partial charge >= 0.3 is 0 Å². The van der Waals surface area contributed by atoms with E-state index in [-0.39, 0.29) is 11.6 Å². The topological polar surface area (TPSA) is 96.7 Å². The van der Waals surface area contributed by atoms with E-state index in [2.05, 4.69) is 19.9 Å². The van der Waals surface area contributed by atoms with Gasteiger partial charge in [0.05, 0.1) is 17.7 Å². The quantitative estimate of drug-likeness (QED) is 0.597. The van der Waals surface area contributed by atoms with Gasteiger partial charge in [-0.1, -0.05) is 11.8 Å². The van der Waals surface area contributed by atoms with Crippen molar-refractivity contribution in [2.45, 2.75) is 29.5 Å². The summed E-state index contributed by atoms with van der Waals surface area (Å²) in [5.41, 5.74) is 0.539. The van der Waals surface area contributed by atoms with Gasteiger partial charge in [-0.25, -0.2) is 18.1 Å². The standard InChI is InChI=1S/C20H22N4O4S2/c1-30(25,26)23-14-6-8-24(11-14)12-16-9-13-4-5-15(10-17(13)27-16)28-20-22-19-18(29-20)3-2-7-21-19/h2-5,7,9-10,14,20,23H,6,8,11-12H2,1H3,(H,21,22). The largest absolute Gasteiger partial charge is 0.461 e. The number of ether oxygens (including phenoxy) is 1. The number of pyridine rings is 1. The van der Waals surface area contributed by atoms with Crippen LogP contribution in [0.15, 0.2) is 51.9 Å². The zero-order chi connectivity index (χ0) is 20.7. The van der Waals surface area contributed by atoms with E-state index in [1.54, 1.807) is 18.0 Å². The molecule has 0 spiro atoms. The molecule has 0 bridgehead atoms.